The molecule has 2 amide bonds. The maximum Gasteiger partial charge on any atom is 0.326 e. The molecule has 1 fully saturated rings. The minimum atomic E-state index is -0.991. The molecule has 6 heteroatoms. The second kappa shape index (κ2) is 7.36. The smallest absolute Gasteiger partial charge is 0.326 e. The van der Waals surface area contributed by atoms with Crippen molar-refractivity contribution in [3.05, 3.63) is 35.9 Å². The average Bonchev–Trinajstić information content (AvgIpc) is 3.23. The lowest BCUT2D eigenvalue weighted by atomic mass is 10.1. The van der Waals surface area contributed by atoms with Crippen LogP contribution in [0.25, 0.3) is 0 Å². The highest BCUT2D eigenvalue weighted by Gasteiger charge is 2.39. The van der Waals surface area contributed by atoms with E-state index in [-0.39, 0.29) is 6.04 Å². The number of carboxylic acid groups (broad SMARTS) is 1. The van der Waals surface area contributed by atoms with Gasteiger partial charge in [-0.3, -0.25) is 0 Å². The number of hydrogen-bond donors (Lipinski definition) is 3. The molecule has 0 heterocycles. The van der Waals surface area contributed by atoms with Crippen molar-refractivity contribution in [3.63, 3.8) is 0 Å². The van der Waals surface area contributed by atoms with Crippen LogP contribution in [-0.4, -0.2) is 41.2 Å². The number of rotatable bonds is 7. The van der Waals surface area contributed by atoms with Gasteiger partial charge in [0.15, 0.2) is 0 Å². The molecule has 0 aromatic heterocycles. The predicted octanol–water partition coefficient (Wildman–Crippen LogP) is 2.05. The lowest BCUT2D eigenvalue weighted by Crippen LogP contribution is -2.47. The Kier molecular flexibility index (Phi) is 5.50. The summed E-state index contributed by atoms with van der Waals surface area (Å²) in [5.74, 6) is 0.0499. The van der Waals surface area contributed by atoms with E-state index in [1.54, 1.807) is 11.8 Å². The standard InChI is InChI=1S/C15H20N2O3S/c1-21-8-7-12(14(18)19)16-15(20)17-13-9-11(13)10-5-3-2-4-6-10/h2-6,11-13H,7-9H2,1H3,(H,18,19)(H2,16,17,20)/t11?,12-,13?/m0/s1. The normalized spacial score (nSPS) is 21.4. The fraction of sp³-hybridized carbons (Fsp3) is 0.467. The summed E-state index contributed by atoms with van der Waals surface area (Å²) in [6.45, 7) is 0. The highest BCUT2D eigenvalue weighted by Crippen LogP contribution is 2.40. The molecule has 0 aliphatic heterocycles. The van der Waals surface area contributed by atoms with Gasteiger partial charge < -0.3 is 15.7 Å². The van der Waals surface area contributed by atoms with Gasteiger partial charge in [0.25, 0.3) is 0 Å². The van der Waals surface area contributed by atoms with E-state index in [2.05, 4.69) is 10.6 Å². The zero-order chi connectivity index (χ0) is 15.2. The summed E-state index contributed by atoms with van der Waals surface area (Å²) >= 11 is 1.56. The van der Waals surface area contributed by atoms with Crippen LogP contribution in [0.5, 0.6) is 0 Å². The van der Waals surface area contributed by atoms with Crippen molar-refractivity contribution in [2.24, 2.45) is 0 Å². The van der Waals surface area contributed by atoms with Crippen LogP contribution in [0, 0.1) is 0 Å². The maximum atomic E-state index is 11.9. The number of benzene rings is 1. The molecule has 0 bridgehead atoms. The molecule has 21 heavy (non-hydrogen) atoms. The molecule has 1 aliphatic rings. The van der Waals surface area contributed by atoms with Crippen LogP contribution in [0.3, 0.4) is 0 Å². The molecule has 1 saturated carbocycles. The van der Waals surface area contributed by atoms with E-state index in [9.17, 15) is 9.59 Å². The summed E-state index contributed by atoms with van der Waals surface area (Å²) in [6, 6.07) is 8.89. The number of urea groups is 1. The summed E-state index contributed by atoms with van der Waals surface area (Å²) in [7, 11) is 0. The van der Waals surface area contributed by atoms with Gasteiger partial charge in [0.2, 0.25) is 0 Å². The van der Waals surface area contributed by atoms with Crippen LogP contribution in [0.1, 0.15) is 24.3 Å². The van der Waals surface area contributed by atoms with E-state index >= 15 is 0 Å². The van der Waals surface area contributed by atoms with Crippen LogP contribution in [0.2, 0.25) is 0 Å². The van der Waals surface area contributed by atoms with Crippen molar-refractivity contribution < 1.29 is 14.7 Å². The Labute approximate surface area is 128 Å². The summed E-state index contributed by atoms with van der Waals surface area (Å²) in [5, 5.41) is 14.5. The molecule has 0 radical (unpaired) electrons. The number of hydrogen-bond acceptors (Lipinski definition) is 3. The summed E-state index contributed by atoms with van der Waals surface area (Å²) in [5.41, 5.74) is 1.21. The number of carbonyl (C=O) groups is 2. The number of nitrogens with one attached hydrogen (secondary N) is 2. The van der Waals surface area contributed by atoms with Crippen molar-refractivity contribution in [2.75, 3.05) is 12.0 Å². The fourth-order valence-electron chi connectivity index (χ4n) is 2.28. The zero-order valence-corrected chi connectivity index (χ0v) is 12.7. The van der Waals surface area contributed by atoms with Gasteiger partial charge in [-0.15, -0.1) is 0 Å². The number of aliphatic carboxylic acids is 1. The Balaban J connectivity index is 1.79. The van der Waals surface area contributed by atoms with Crippen LogP contribution in [0.4, 0.5) is 4.79 Å². The van der Waals surface area contributed by atoms with Gasteiger partial charge in [0.05, 0.1) is 0 Å². The Morgan fingerprint density at radius 1 is 1.38 bits per heavy atom. The zero-order valence-electron chi connectivity index (χ0n) is 11.9. The molecule has 0 saturated heterocycles. The van der Waals surface area contributed by atoms with E-state index in [0.29, 0.717) is 18.1 Å². The largest absolute Gasteiger partial charge is 0.480 e. The number of carbonyl (C=O) groups excluding carboxylic acids is 1. The maximum absolute atomic E-state index is 11.9. The van der Waals surface area contributed by atoms with Gasteiger partial charge in [0.1, 0.15) is 6.04 Å². The van der Waals surface area contributed by atoms with Crippen molar-refractivity contribution in [2.45, 2.75) is 30.8 Å². The van der Waals surface area contributed by atoms with E-state index < -0.39 is 18.0 Å². The molecule has 114 valence electrons. The summed E-state index contributed by atoms with van der Waals surface area (Å²) < 4.78 is 0. The van der Waals surface area contributed by atoms with Crippen LogP contribution in [-0.2, 0) is 4.79 Å². The molecule has 3 N–H and O–H groups in total. The number of amides is 2. The van der Waals surface area contributed by atoms with Crippen molar-refractivity contribution >= 4 is 23.8 Å². The Hall–Kier alpha value is -1.69. The van der Waals surface area contributed by atoms with Crippen LogP contribution < -0.4 is 10.6 Å². The second-order valence-corrected chi connectivity index (χ2v) is 6.14. The first-order valence-electron chi connectivity index (χ1n) is 6.95. The quantitative estimate of drug-likeness (QED) is 0.720. The van der Waals surface area contributed by atoms with Gasteiger partial charge in [-0.2, -0.15) is 11.8 Å². The molecular weight excluding hydrogens is 288 g/mol. The first-order chi connectivity index (χ1) is 10.1. The van der Waals surface area contributed by atoms with Crippen molar-refractivity contribution in [3.8, 4) is 0 Å². The third-order valence-corrected chi connectivity index (χ3v) is 4.19. The number of thioether (sulfide) groups is 1. The molecule has 1 aliphatic carbocycles. The van der Waals surface area contributed by atoms with Crippen molar-refractivity contribution in [1.29, 1.82) is 0 Å². The minimum absolute atomic E-state index is 0.0994. The number of carboxylic acids is 1. The lowest BCUT2D eigenvalue weighted by molar-refractivity contribution is -0.139. The van der Waals surface area contributed by atoms with E-state index in [0.717, 1.165) is 6.42 Å². The minimum Gasteiger partial charge on any atom is -0.480 e. The van der Waals surface area contributed by atoms with Crippen LogP contribution in [0.15, 0.2) is 30.3 Å². The second-order valence-electron chi connectivity index (χ2n) is 5.15. The SMILES string of the molecule is CSCC[C@H](NC(=O)NC1CC1c1ccccc1)C(=O)O. The van der Waals surface area contributed by atoms with E-state index in [4.69, 9.17) is 5.11 Å². The molecule has 5 nitrogen and oxygen atoms in total. The van der Waals surface area contributed by atoms with E-state index in [1.165, 1.54) is 5.56 Å². The highest BCUT2D eigenvalue weighted by atomic mass is 32.2. The Morgan fingerprint density at radius 2 is 2.10 bits per heavy atom. The van der Waals surface area contributed by atoms with Crippen LogP contribution >= 0.6 is 11.8 Å². The first-order valence-corrected chi connectivity index (χ1v) is 8.35. The predicted molar refractivity (Wildman–Crippen MR) is 83.7 cm³/mol. The van der Waals surface area contributed by atoms with E-state index in [1.807, 2.05) is 36.6 Å². The average molecular weight is 308 g/mol. The van der Waals surface area contributed by atoms with Gasteiger partial charge in [-0.05, 0) is 30.4 Å². The third-order valence-electron chi connectivity index (χ3n) is 3.55. The topological polar surface area (TPSA) is 78.4 Å². The highest BCUT2D eigenvalue weighted by molar-refractivity contribution is 7.98. The van der Waals surface area contributed by atoms with Gasteiger partial charge >= 0.3 is 12.0 Å². The molecule has 1 aromatic carbocycles. The molecule has 2 rings (SSSR count). The molecular formula is C15H20N2O3S. The lowest BCUT2D eigenvalue weighted by Gasteiger charge is -2.14. The summed E-state index contributed by atoms with van der Waals surface area (Å²) in [4.78, 5) is 22.9. The molecule has 2 unspecified atom stereocenters. The Bertz CT molecular complexity index is 495. The third kappa shape index (κ3) is 4.67. The summed E-state index contributed by atoms with van der Waals surface area (Å²) in [6.07, 6.45) is 3.24. The molecule has 0 spiro atoms. The molecule has 3 atom stereocenters. The van der Waals surface area contributed by atoms with Crippen molar-refractivity contribution in [1.82, 2.24) is 10.6 Å². The monoisotopic (exact) mass is 308 g/mol. The first kappa shape index (κ1) is 15.7. The van der Waals surface area contributed by atoms with Gasteiger partial charge in [-0.25, -0.2) is 9.59 Å². The van der Waals surface area contributed by atoms with Gasteiger partial charge in [-0.1, -0.05) is 30.3 Å². The fourth-order valence-corrected chi connectivity index (χ4v) is 2.76. The Morgan fingerprint density at radius 3 is 2.71 bits per heavy atom. The molecule has 1 aromatic rings. The van der Waals surface area contributed by atoms with Gasteiger partial charge in [0, 0.05) is 12.0 Å².